The van der Waals surface area contributed by atoms with Crippen molar-refractivity contribution in [1.82, 2.24) is 0 Å². The normalized spacial score (nSPS) is 24.1. The summed E-state index contributed by atoms with van der Waals surface area (Å²) in [6, 6.07) is 21.6. The van der Waals surface area contributed by atoms with Gasteiger partial charge in [0, 0.05) is 11.3 Å². The molecule has 0 radical (unpaired) electrons. The van der Waals surface area contributed by atoms with E-state index in [9.17, 15) is 14.4 Å². The van der Waals surface area contributed by atoms with Crippen LogP contribution >= 0.6 is 0 Å². The van der Waals surface area contributed by atoms with Gasteiger partial charge in [0.05, 0.1) is 17.5 Å². The Bertz CT molecular complexity index is 1330. The first-order valence-corrected chi connectivity index (χ1v) is 11.8. The minimum atomic E-state index is -0.319. The highest BCUT2D eigenvalue weighted by atomic mass is 16.5. The molecule has 6 nitrogen and oxygen atoms in total. The van der Waals surface area contributed by atoms with Crippen LogP contribution in [0.4, 0.5) is 11.4 Å². The fourth-order valence-corrected chi connectivity index (χ4v) is 5.50. The zero-order valence-electron chi connectivity index (χ0n) is 19.2. The van der Waals surface area contributed by atoms with E-state index in [0.29, 0.717) is 22.7 Å². The molecule has 1 heterocycles. The van der Waals surface area contributed by atoms with Crippen LogP contribution in [0, 0.1) is 30.6 Å². The van der Waals surface area contributed by atoms with Crippen LogP contribution in [0.25, 0.3) is 0 Å². The first kappa shape index (κ1) is 21.4. The number of ether oxygens (including phenoxy) is 1. The summed E-state index contributed by atoms with van der Waals surface area (Å²) in [5.41, 5.74) is 2.59. The van der Waals surface area contributed by atoms with Crippen molar-refractivity contribution in [2.75, 3.05) is 10.2 Å². The van der Waals surface area contributed by atoms with Gasteiger partial charge in [-0.1, -0.05) is 35.9 Å². The number of benzene rings is 3. The molecule has 174 valence electrons. The van der Waals surface area contributed by atoms with E-state index in [1.165, 1.54) is 4.90 Å². The van der Waals surface area contributed by atoms with E-state index in [4.69, 9.17) is 4.74 Å². The van der Waals surface area contributed by atoms with Gasteiger partial charge in [0.15, 0.2) is 0 Å². The SMILES string of the molecule is Cc1ccc(Oc2ccc(NC(=O)c3cccc(N4C(=O)[C@@H]5[C@@H](C4=O)[C@H]4C=C[C@@H]5C4)c3)cc2)cc1. The third kappa shape index (κ3) is 3.71. The van der Waals surface area contributed by atoms with Crippen LogP contribution in [-0.2, 0) is 9.59 Å². The molecule has 2 aliphatic carbocycles. The number of allylic oxidation sites excluding steroid dienone is 2. The summed E-state index contributed by atoms with van der Waals surface area (Å²) in [6.07, 6.45) is 5.03. The van der Waals surface area contributed by atoms with Crippen LogP contribution in [0.2, 0.25) is 0 Å². The molecule has 3 aromatic rings. The summed E-state index contributed by atoms with van der Waals surface area (Å²) >= 11 is 0. The van der Waals surface area contributed by atoms with E-state index in [1.807, 2.05) is 31.2 Å². The van der Waals surface area contributed by atoms with Gasteiger partial charge >= 0.3 is 0 Å². The monoisotopic (exact) mass is 464 g/mol. The smallest absolute Gasteiger partial charge is 0.255 e. The fraction of sp³-hybridized carbons (Fsp3) is 0.207. The molecule has 3 aromatic carbocycles. The van der Waals surface area contributed by atoms with Gasteiger partial charge in [-0.15, -0.1) is 0 Å². The molecule has 6 heteroatoms. The molecule has 1 saturated carbocycles. The van der Waals surface area contributed by atoms with Crippen molar-refractivity contribution in [3.63, 3.8) is 0 Å². The number of hydrogen-bond acceptors (Lipinski definition) is 4. The Balaban J connectivity index is 1.15. The van der Waals surface area contributed by atoms with Crippen molar-refractivity contribution in [2.24, 2.45) is 23.7 Å². The molecule has 35 heavy (non-hydrogen) atoms. The Kier molecular flexibility index (Phi) is 5.02. The Labute approximate surface area is 203 Å². The molecule has 2 fully saturated rings. The van der Waals surface area contributed by atoms with Gasteiger partial charge < -0.3 is 10.1 Å². The zero-order valence-corrected chi connectivity index (χ0v) is 19.2. The van der Waals surface area contributed by atoms with E-state index in [2.05, 4.69) is 17.5 Å². The van der Waals surface area contributed by atoms with Crippen LogP contribution in [0.3, 0.4) is 0 Å². The number of amides is 3. The predicted octanol–water partition coefficient (Wildman–Crippen LogP) is 5.35. The van der Waals surface area contributed by atoms with E-state index >= 15 is 0 Å². The van der Waals surface area contributed by atoms with Crippen molar-refractivity contribution in [3.8, 4) is 11.5 Å². The predicted molar refractivity (Wildman–Crippen MR) is 132 cm³/mol. The molecular weight excluding hydrogens is 440 g/mol. The minimum absolute atomic E-state index is 0.149. The number of carbonyl (C=O) groups excluding carboxylic acids is 3. The lowest BCUT2D eigenvalue weighted by molar-refractivity contribution is -0.123. The average Bonchev–Trinajstić information content (AvgIpc) is 3.55. The Hall–Kier alpha value is -4.19. The zero-order chi connectivity index (χ0) is 24.1. The number of carbonyl (C=O) groups is 3. The van der Waals surface area contributed by atoms with Gasteiger partial charge in [0.1, 0.15) is 11.5 Å². The van der Waals surface area contributed by atoms with Crippen LogP contribution in [0.1, 0.15) is 22.3 Å². The molecule has 1 N–H and O–H groups in total. The number of fused-ring (bicyclic) bond motifs is 5. The molecule has 3 aliphatic rings. The molecule has 4 atom stereocenters. The molecule has 0 unspecified atom stereocenters. The molecule has 1 saturated heterocycles. The Morgan fingerprint density at radius 3 is 2.09 bits per heavy atom. The van der Waals surface area contributed by atoms with Gasteiger partial charge in [-0.3, -0.25) is 14.4 Å². The van der Waals surface area contributed by atoms with Gasteiger partial charge in [-0.2, -0.15) is 0 Å². The number of nitrogens with one attached hydrogen (secondary N) is 1. The average molecular weight is 465 g/mol. The number of anilines is 2. The third-order valence-corrected chi connectivity index (χ3v) is 7.21. The molecular formula is C29H24N2O4. The van der Waals surface area contributed by atoms with E-state index in [1.54, 1.807) is 48.5 Å². The summed E-state index contributed by atoms with van der Waals surface area (Å²) in [5, 5.41) is 2.87. The summed E-state index contributed by atoms with van der Waals surface area (Å²) < 4.78 is 5.83. The molecule has 0 aromatic heterocycles. The topological polar surface area (TPSA) is 75.7 Å². The molecule has 2 bridgehead atoms. The van der Waals surface area contributed by atoms with Crippen LogP contribution < -0.4 is 15.0 Å². The summed E-state index contributed by atoms with van der Waals surface area (Å²) in [5.74, 6) is 0.535. The third-order valence-electron chi connectivity index (χ3n) is 7.21. The van der Waals surface area contributed by atoms with Crippen LogP contribution in [-0.4, -0.2) is 17.7 Å². The van der Waals surface area contributed by atoms with E-state index in [0.717, 1.165) is 17.7 Å². The quantitative estimate of drug-likeness (QED) is 0.408. The maximum atomic E-state index is 13.1. The lowest BCUT2D eigenvalue weighted by Gasteiger charge is -2.18. The highest BCUT2D eigenvalue weighted by Crippen LogP contribution is 2.53. The van der Waals surface area contributed by atoms with Gasteiger partial charge in [-0.05, 0) is 79.8 Å². The fourth-order valence-electron chi connectivity index (χ4n) is 5.50. The second-order valence-electron chi connectivity index (χ2n) is 9.46. The van der Waals surface area contributed by atoms with Gasteiger partial charge in [-0.25, -0.2) is 4.90 Å². The van der Waals surface area contributed by atoms with Crippen LogP contribution in [0.5, 0.6) is 11.5 Å². The van der Waals surface area contributed by atoms with Crippen LogP contribution in [0.15, 0.2) is 84.9 Å². The first-order valence-electron chi connectivity index (χ1n) is 11.8. The van der Waals surface area contributed by atoms with E-state index in [-0.39, 0.29) is 41.4 Å². The lowest BCUT2D eigenvalue weighted by Crippen LogP contribution is -2.33. The van der Waals surface area contributed by atoms with Crippen molar-refractivity contribution in [1.29, 1.82) is 0 Å². The number of aryl methyl sites for hydroxylation is 1. The molecule has 1 aliphatic heterocycles. The Morgan fingerprint density at radius 1 is 0.857 bits per heavy atom. The number of hydrogen-bond donors (Lipinski definition) is 1. The lowest BCUT2D eigenvalue weighted by atomic mass is 9.85. The van der Waals surface area contributed by atoms with Crippen molar-refractivity contribution < 1.29 is 19.1 Å². The standard InChI is InChI=1S/C29H24N2O4/c1-17-5-11-23(12-6-17)35-24-13-9-21(10-14-24)30-27(32)20-3-2-4-22(16-20)31-28(33)25-18-7-8-19(15-18)26(25)29(31)34/h2-14,16,18-19,25-26H,15H2,1H3,(H,30,32)/t18-,19+,25-,26-/m0/s1. The summed E-state index contributed by atoms with van der Waals surface area (Å²) in [6.45, 7) is 2.02. The maximum absolute atomic E-state index is 13.1. The summed E-state index contributed by atoms with van der Waals surface area (Å²) in [7, 11) is 0. The molecule has 3 amide bonds. The first-order chi connectivity index (χ1) is 17.0. The van der Waals surface area contributed by atoms with Crippen molar-refractivity contribution in [2.45, 2.75) is 13.3 Å². The highest BCUT2D eigenvalue weighted by Gasteiger charge is 2.59. The number of rotatable bonds is 5. The second kappa shape index (κ2) is 8.24. The molecule has 0 spiro atoms. The second-order valence-corrected chi connectivity index (χ2v) is 9.46. The Morgan fingerprint density at radius 2 is 1.46 bits per heavy atom. The molecule has 6 rings (SSSR count). The van der Waals surface area contributed by atoms with Gasteiger partial charge in [0.2, 0.25) is 11.8 Å². The van der Waals surface area contributed by atoms with Crippen molar-refractivity contribution >= 4 is 29.1 Å². The highest BCUT2D eigenvalue weighted by molar-refractivity contribution is 6.23. The van der Waals surface area contributed by atoms with Gasteiger partial charge in [0.25, 0.3) is 5.91 Å². The number of nitrogens with zero attached hydrogens (tertiary/aromatic N) is 1. The summed E-state index contributed by atoms with van der Waals surface area (Å²) in [4.78, 5) is 40.4. The largest absolute Gasteiger partial charge is 0.457 e. The maximum Gasteiger partial charge on any atom is 0.255 e. The minimum Gasteiger partial charge on any atom is -0.457 e. The number of imide groups is 1. The van der Waals surface area contributed by atoms with Crippen molar-refractivity contribution in [3.05, 3.63) is 96.1 Å². The van der Waals surface area contributed by atoms with E-state index < -0.39 is 0 Å².